The van der Waals surface area contributed by atoms with Gasteiger partial charge in [-0.3, -0.25) is 9.69 Å². The third kappa shape index (κ3) is 2.92. The monoisotopic (exact) mass is 507 g/mol. The van der Waals surface area contributed by atoms with Gasteiger partial charge in [-0.1, -0.05) is 36.4 Å². The van der Waals surface area contributed by atoms with Gasteiger partial charge in [-0.2, -0.15) is 5.26 Å². The van der Waals surface area contributed by atoms with E-state index in [0.717, 1.165) is 54.7 Å². The number of fused-ring (bicyclic) bond motifs is 9. The number of benzene rings is 3. The van der Waals surface area contributed by atoms with Crippen molar-refractivity contribution in [1.29, 1.82) is 5.26 Å². The number of carbonyl (C=O) groups is 1. The fraction of sp³-hybridized carbons (Fsp3) is 0.333. The highest BCUT2D eigenvalue weighted by atomic mass is 16.5. The lowest BCUT2D eigenvalue weighted by molar-refractivity contribution is -0.108. The molecule has 3 aromatic carbocycles. The molecule has 2 aromatic heterocycles. The number of ether oxygens (including phenoxy) is 2. The maximum Gasteiger partial charge on any atom is 0.252 e. The first-order valence-corrected chi connectivity index (χ1v) is 13.0. The zero-order valence-corrected chi connectivity index (χ0v) is 21.7. The third-order valence-corrected chi connectivity index (χ3v) is 8.55. The maximum absolute atomic E-state index is 13.4. The first-order chi connectivity index (χ1) is 18.6. The summed E-state index contributed by atoms with van der Waals surface area (Å²) in [5.41, 5.74) is 6.06. The zero-order chi connectivity index (χ0) is 26.1. The number of likely N-dealkylation sites (N-methyl/N-ethyl adjacent to an activating group) is 1. The van der Waals surface area contributed by atoms with Gasteiger partial charge in [-0.15, -0.1) is 0 Å². The van der Waals surface area contributed by atoms with Crippen LogP contribution in [0.2, 0.25) is 0 Å². The van der Waals surface area contributed by atoms with Gasteiger partial charge in [-0.25, -0.2) is 0 Å². The Kier molecular flexibility index (Phi) is 5.24. The summed E-state index contributed by atoms with van der Waals surface area (Å²) in [7, 11) is 5.52. The quantitative estimate of drug-likeness (QED) is 0.378. The highest BCUT2D eigenvalue weighted by molar-refractivity contribution is 6.30. The Hall–Kier alpha value is -3.90. The van der Waals surface area contributed by atoms with Gasteiger partial charge in [0.15, 0.2) is 6.23 Å². The van der Waals surface area contributed by atoms with Gasteiger partial charge in [0.1, 0.15) is 6.10 Å². The number of nitriles is 1. The molecule has 3 atom stereocenters. The lowest BCUT2D eigenvalue weighted by Gasteiger charge is -2.40. The van der Waals surface area contributed by atoms with Gasteiger partial charge < -0.3 is 23.9 Å². The van der Waals surface area contributed by atoms with Crippen LogP contribution >= 0.6 is 0 Å². The molecule has 8 heteroatoms. The molecule has 2 aliphatic heterocycles. The average Bonchev–Trinajstić information content (AvgIpc) is 3.58. The van der Waals surface area contributed by atoms with Crippen molar-refractivity contribution in [1.82, 2.24) is 19.4 Å². The smallest absolute Gasteiger partial charge is 0.252 e. The van der Waals surface area contributed by atoms with Crippen LogP contribution in [0.5, 0.6) is 0 Å². The standard InChI is InChI=1S/C30H29N5O3/c1-33(14-8-13-31)22-16-34-20-11-6-4-9-17(20)24-25-19(15-32-29(25)36)23-18-10-5-7-12-21(18)35(27(23)26(24)34)30(38-3)28(22)37-2/h4-7,9-12,22,28,30H,8,14-16H2,1-3H3,(H,32,36). The summed E-state index contributed by atoms with van der Waals surface area (Å²) in [6.45, 7) is 1.74. The molecule has 4 heterocycles. The summed E-state index contributed by atoms with van der Waals surface area (Å²) in [6, 6.07) is 18.9. The van der Waals surface area contributed by atoms with Crippen LogP contribution in [0.1, 0.15) is 28.6 Å². The molecule has 192 valence electrons. The Morgan fingerprint density at radius 2 is 1.74 bits per heavy atom. The van der Waals surface area contributed by atoms with Crippen LogP contribution in [0.3, 0.4) is 0 Å². The second kappa shape index (κ2) is 8.57. The van der Waals surface area contributed by atoms with Gasteiger partial charge in [0, 0.05) is 67.3 Å². The number of hydrogen-bond acceptors (Lipinski definition) is 5. The van der Waals surface area contributed by atoms with Crippen molar-refractivity contribution in [3.63, 3.8) is 0 Å². The number of nitrogens with one attached hydrogen (secondary N) is 1. The Labute approximate surface area is 219 Å². The van der Waals surface area contributed by atoms with E-state index in [-0.39, 0.29) is 18.1 Å². The van der Waals surface area contributed by atoms with Crippen LogP contribution in [-0.4, -0.2) is 59.9 Å². The fourth-order valence-electron chi connectivity index (χ4n) is 6.94. The fourth-order valence-corrected chi connectivity index (χ4v) is 6.94. The van der Waals surface area contributed by atoms with E-state index in [1.807, 2.05) is 19.2 Å². The van der Waals surface area contributed by atoms with Gasteiger partial charge in [0.05, 0.1) is 34.2 Å². The van der Waals surface area contributed by atoms with E-state index in [1.54, 1.807) is 14.2 Å². The van der Waals surface area contributed by atoms with Crippen molar-refractivity contribution in [2.45, 2.75) is 37.9 Å². The van der Waals surface area contributed by atoms with Crippen LogP contribution in [-0.2, 0) is 22.6 Å². The van der Waals surface area contributed by atoms with Crippen LogP contribution in [0, 0.1) is 11.3 Å². The van der Waals surface area contributed by atoms with E-state index >= 15 is 0 Å². The summed E-state index contributed by atoms with van der Waals surface area (Å²) >= 11 is 0. The first kappa shape index (κ1) is 23.2. The van der Waals surface area contributed by atoms with Gasteiger partial charge in [0.2, 0.25) is 0 Å². The average molecular weight is 508 g/mol. The molecule has 0 saturated heterocycles. The van der Waals surface area contributed by atoms with Gasteiger partial charge in [-0.05, 0) is 24.7 Å². The molecule has 0 aliphatic carbocycles. The Balaban J connectivity index is 1.72. The predicted molar refractivity (Wildman–Crippen MR) is 147 cm³/mol. The summed E-state index contributed by atoms with van der Waals surface area (Å²) in [4.78, 5) is 15.6. The van der Waals surface area contributed by atoms with E-state index in [1.165, 1.54) is 0 Å². The molecule has 0 fully saturated rings. The van der Waals surface area contributed by atoms with Crippen molar-refractivity contribution in [2.75, 3.05) is 27.8 Å². The highest BCUT2D eigenvalue weighted by Crippen LogP contribution is 2.47. The summed E-state index contributed by atoms with van der Waals surface area (Å²) in [5.74, 6) is -0.0237. The van der Waals surface area contributed by atoms with Crippen LogP contribution in [0.15, 0.2) is 48.5 Å². The minimum atomic E-state index is -0.421. The van der Waals surface area contributed by atoms with E-state index < -0.39 is 6.23 Å². The number of aromatic nitrogens is 2. The molecule has 5 aromatic rings. The van der Waals surface area contributed by atoms with Crippen molar-refractivity contribution >= 4 is 49.5 Å². The number of rotatable bonds is 5. The van der Waals surface area contributed by atoms with Crippen molar-refractivity contribution in [2.24, 2.45) is 0 Å². The topological polar surface area (TPSA) is 84.4 Å². The molecule has 8 nitrogen and oxygen atoms in total. The normalized spacial score (nSPS) is 20.9. The maximum atomic E-state index is 13.4. The van der Waals surface area contributed by atoms with Crippen molar-refractivity contribution in [3.8, 4) is 6.07 Å². The van der Waals surface area contributed by atoms with Gasteiger partial charge >= 0.3 is 0 Å². The summed E-state index contributed by atoms with van der Waals surface area (Å²) in [5, 5.41) is 16.7. The lowest BCUT2D eigenvalue weighted by Crippen LogP contribution is -2.50. The van der Waals surface area contributed by atoms with E-state index in [2.05, 4.69) is 61.8 Å². The summed E-state index contributed by atoms with van der Waals surface area (Å²) < 4.78 is 17.2. The second-order valence-electron chi connectivity index (χ2n) is 10.3. The van der Waals surface area contributed by atoms with Crippen molar-refractivity contribution < 1.29 is 14.3 Å². The first-order valence-electron chi connectivity index (χ1n) is 13.0. The van der Waals surface area contributed by atoms with Crippen LogP contribution in [0.4, 0.5) is 0 Å². The van der Waals surface area contributed by atoms with E-state index in [4.69, 9.17) is 9.47 Å². The number of para-hydroxylation sites is 2. The molecule has 38 heavy (non-hydrogen) atoms. The zero-order valence-electron chi connectivity index (χ0n) is 21.7. The van der Waals surface area contributed by atoms with E-state index in [9.17, 15) is 10.1 Å². The lowest BCUT2D eigenvalue weighted by atomic mass is 9.96. The van der Waals surface area contributed by atoms with E-state index in [0.29, 0.717) is 26.1 Å². The van der Waals surface area contributed by atoms with Crippen LogP contribution in [0.25, 0.3) is 43.6 Å². The molecule has 1 amide bonds. The summed E-state index contributed by atoms with van der Waals surface area (Å²) in [6.07, 6.45) is -0.320. The predicted octanol–water partition coefficient (Wildman–Crippen LogP) is 4.53. The van der Waals surface area contributed by atoms with Crippen LogP contribution < -0.4 is 5.32 Å². The number of carbonyl (C=O) groups excluding carboxylic acids is 1. The molecule has 0 spiro atoms. The molecular weight excluding hydrogens is 478 g/mol. The van der Waals surface area contributed by atoms with Gasteiger partial charge in [0.25, 0.3) is 5.91 Å². The molecule has 0 bridgehead atoms. The Morgan fingerprint density at radius 1 is 1.03 bits per heavy atom. The Morgan fingerprint density at radius 3 is 2.45 bits per heavy atom. The molecule has 0 radical (unpaired) electrons. The molecule has 2 aliphatic rings. The number of nitrogens with zero attached hydrogens (tertiary/aromatic N) is 4. The molecule has 0 saturated carbocycles. The SMILES string of the molecule is COC1C(N(C)CCC#N)Cn2c3ccccc3c3c4c(c5c6ccccc6n(c5c32)C1OC)CNC4=O. The second-order valence-corrected chi connectivity index (χ2v) is 10.3. The third-order valence-electron chi connectivity index (χ3n) is 8.55. The Bertz CT molecular complexity index is 1810. The van der Waals surface area contributed by atoms with Crippen molar-refractivity contribution in [3.05, 3.63) is 59.7 Å². The molecule has 7 rings (SSSR count). The highest BCUT2D eigenvalue weighted by Gasteiger charge is 2.41. The largest absolute Gasteiger partial charge is 0.375 e. The molecular formula is C30H29N5O3. The minimum Gasteiger partial charge on any atom is -0.375 e. The molecule has 1 N–H and O–H groups in total. The number of hydrogen-bond donors (Lipinski definition) is 1. The minimum absolute atomic E-state index is 0.0237. The number of methoxy groups -OCH3 is 2. The molecule has 3 unspecified atom stereocenters. The number of amides is 1.